The first kappa shape index (κ1) is 13.0. The Hall–Kier alpha value is -0.450. The third kappa shape index (κ3) is 3.76. The predicted octanol–water partition coefficient (Wildman–Crippen LogP) is 2.28. The Labute approximate surface area is 108 Å². The molecule has 3 nitrogen and oxygen atoms in total. The number of rotatable bonds is 5. The van der Waals surface area contributed by atoms with E-state index in [0.29, 0.717) is 6.04 Å². The summed E-state index contributed by atoms with van der Waals surface area (Å²) in [5.41, 5.74) is 0. The molecule has 1 atom stereocenters. The van der Waals surface area contributed by atoms with Gasteiger partial charge in [0.05, 0.1) is 5.01 Å². The minimum absolute atomic E-state index is 0.663. The minimum Gasteiger partial charge on any atom is -0.308 e. The van der Waals surface area contributed by atoms with Crippen molar-refractivity contribution in [3.05, 3.63) is 16.1 Å². The lowest BCUT2D eigenvalue weighted by molar-refractivity contribution is 0.198. The molecule has 96 valence electrons. The Kier molecular flexibility index (Phi) is 4.95. The average molecular weight is 253 g/mol. The lowest BCUT2D eigenvalue weighted by Crippen LogP contribution is -2.45. The smallest absolute Gasteiger partial charge is 0.0925 e. The van der Waals surface area contributed by atoms with E-state index in [4.69, 9.17) is 0 Å². The number of likely N-dealkylation sites (tertiary alicyclic amines) is 1. The van der Waals surface area contributed by atoms with Gasteiger partial charge in [-0.2, -0.15) is 0 Å². The number of thiazole rings is 1. The molecular formula is C13H23N3S. The molecule has 1 aromatic rings. The Morgan fingerprint density at radius 1 is 1.53 bits per heavy atom. The van der Waals surface area contributed by atoms with Gasteiger partial charge in [0.1, 0.15) is 0 Å². The SMILES string of the molecule is CCc1ncc(CNC2CCCN(CC)C2)s1. The van der Waals surface area contributed by atoms with Crippen LogP contribution in [-0.2, 0) is 13.0 Å². The topological polar surface area (TPSA) is 28.2 Å². The third-order valence-corrected chi connectivity index (χ3v) is 4.56. The molecular weight excluding hydrogens is 230 g/mol. The molecule has 0 amide bonds. The first-order valence-corrected chi connectivity index (χ1v) is 7.52. The zero-order chi connectivity index (χ0) is 12.1. The van der Waals surface area contributed by atoms with E-state index in [1.165, 1.54) is 42.4 Å². The molecule has 4 heteroatoms. The van der Waals surface area contributed by atoms with Crippen molar-refractivity contribution in [3.63, 3.8) is 0 Å². The summed E-state index contributed by atoms with van der Waals surface area (Å²) in [6.07, 6.45) is 5.72. The van der Waals surface area contributed by atoms with Crippen LogP contribution in [0.15, 0.2) is 6.20 Å². The van der Waals surface area contributed by atoms with Crippen molar-refractivity contribution < 1.29 is 0 Å². The maximum absolute atomic E-state index is 4.40. The molecule has 1 saturated heterocycles. The number of hydrogen-bond donors (Lipinski definition) is 1. The van der Waals surface area contributed by atoms with Crippen LogP contribution in [0.1, 0.15) is 36.6 Å². The molecule has 1 aliphatic heterocycles. The molecule has 1 aliphatic rings. The summed E-state index contributed by atoms with van der Waals surface area (Å²) in [5, 5.41) is 4.92. The van der Waals surface area contributed by atoms with Crippen LogP contribution in [0.4, 0.5) is 0 Å². The maximum atomic E-state index is 4.40. The largest absolute Gasteiger partial charge is 0.308 e. The second-order valence-corrected chi connectivity index (χ2v) is 5.89. The number of nitrogens with one attached hydrogen (secondary N) is 1. The van der Waals surface area contributed by atoms with Crippen molar-refractivity contribution in [1.82, 2.24) is 15.2 Å². The molecule has 0 bridgehead atoms. The fourth-order valence-electron chi connectivity index (χ4n) is 2.35. The van der Waals surface area contributed by atoms with E-state index in [1.807, 2.05) is 17.5 Å². The van der Waals surface area contributed by atoms with Gasteiger partial charge in [-0.3, -0.25) is 0 Å². The van der Waals surface area contributed by atoms with Gasteiger partial charge < -0.3 is 10.2 Å². The Balaban J connectivity index is 1.77. The maximum Gasteiger partial charge on any atom is 0.0925 e. The summed E-state index contributed by atoms with van der Waals surface area (Å²) < 4.78 is 0. The highest BCUT2D eigenvalue weighted by Gasteiger charge is 2.18. The Bertz CT molecular complexity index is 337. The third-order valence-electron chi connectivity index (χ3n) is 3.42. The van der Waals surface area contributed by atoms with Gasteiger partial charge in [0.25, 0.3) is 0 Å². The minimum atomic E-state index is 0.663. The van der Waals surface area contributed by atoms with Crippen molar-refractivity contribution in [2.75, 3.05) is 19.6 Å². The van der Waals surface area contributed by atoms with Crippen LogP contribution in [0.2, 0.25) is 0 Å². The second-order valence-electron chi connectivity index (χ2n) is 4.69. The summed E-state index contributed by atoms with van der Waals surface area (Å²) in [6.45, 7) is 9.05. The van der Waals surface area contributed by atoms with E-state index in [9.17, 15) is 0 Å². The van der Waals surface area contributed by atoms with Crippen LogP contribution >= 0.6 is 11.3 Å². The quantitative estimate of drug-likeness (QED) is 0.872. The van der Waals surface area contributed by atoms with Crippen molar-refractivity contribution in [1.29, 1.82) is 0 Å². The molecule has 2 heterocycles. The van der Waals surface area contributed by atoms with Gasteiger partial charge in [-0.05, 0) is 32.4 Å². The van der Waals surface area contributed by atoms with Crippen LogP contribution in [-0.4, -0.2) is 35.6 Å². The normalized spacial score (nSPS) is 21.9. The molecule has 0 spiro atoms. The number of piperidine rings is 1. The molecule has 0 saturated carbocycles. The zero-order valence-electron chi connectivity index (χ0n) is 10.9. The molecule has 1 unspecified atom stereocenters. The summed E-state index contributed by atoms with van der Waals surface area (Å²) in [5.74, 6) is 0. The molecule has 1 N–H and O–H groups in total. The van der Waals surface area contributed by atoms with E-state index < -0.39 is 0 Å². The van der Waals surface area contributed by atoms with Gasteiger partial charge >= 0.3 is 0 Å². The van der Waals surface area contributed by atoms with Gasteiger partial charge in [0, 0.05) is 30.2 Å². The second kappa shape index (κ2) is 6.47. The Morgan fingerprint density at radius 3 is 3.12 bits per heavy atom. The number of aryl methyl sites for hydroxylation is 1. The number of likely N-dealkylation sites (N-methyl/N-ethyl adjacent to an activating group) is 1. The van der Waals surface area contributed by atoms with Crippen LogP contribution in [0.5, 0.6) is 0 Å². The van der Waals surface area contributed by atoms with E-state index in [1.54, 1.807) is 0 Å². The van der Waals surface area contributed by atoms with Gasteiger partial charge in [0.15, 0.2) is 0 Å². The first-order chi connectivity index (χ1) is 8.31. The van der Waals surface area contributed by atoms with E-state index in [2.05, 4.69) is 29.0 Å². The van der Waals surface area contributed by atoms with Crippen molar-refractivity contribution in [3.8, 4) is 0 Å². The summed E-state index contributed by atoms with van der Waals surface area (Å²) in [6, 6.07) is 0.663. The summed E-state index contributed by atoms with van der Waals surface area (Å²) >= 11 is 1.84. The summed E-state index contributed by atoms with van der Waals surface area (Å²) in [4.78, 5) is 8.30. The van der Waals surface area contributed by atoms with Gasteiger partial charge in [-0.25, -0.2) is 4.98 Å². The van der Waals surface area contributed by atoms with Crippen LogP contribution in [0.25, 0.3) is 0 Å². The highest BCUT2D eigenvalue weighted by molar-refractivity contribution is 7.11. The predicted molar refractivity (Wildman–Crippen MR) is 73.5 cm³/mol. The van der Waals surface area contributed by atoms with E-state index in [-0.39, 0.29) is 0 Å². The van der Waals surface area contributed by atoms with Crippen molar-refractivity contribution in [2.24, 2.45) is 0 Å². The van der Waals surface area contributed by atoms with Gasteiger partial charge in [0.2, 0.25) is 0 Å². The molecule has 0 radical (unpaired) electrons. The van der Waals surface area contributed by atoms with Crippen molar-refractivity contribution >= 4 is 11.3 Å². The fraction of sp³-hybridized carbons (Fsp3) is 0.769. The highest BCUT2D eigenvalue weighted by Crippen LogP contribution is 2.15. The van der Waals surface area contributed by atoms with Gasteiger partial charge in [-0.1, -0.05) is 13.8 Å². The molecule has 1 aromatic heterocycles. The summed E-state index contributed by atoms with van der Waals surface area (Å²) in [7, 11) is 0. The van der Waals surface area contributed by atoms with E-state index >= 15 is 0 Å². The number of nitrogens with zero attached hydrogens (tertiary/aromatic N) is 2. The van der Waals surface area contributed by atoms with Crippen LogP contribution < -0.4 is 5.32 Å². The fourth-order valence-corrected chi connectivity index (χ4v) is 3.16. The van der Waals surface area contributed by atoms with Gasteiger partial charge in [-0.15, -0.1) is 11.3 Å². The molecule has 17 heavy (non-hydrogen) atoms. The lowest BCUT2D eigenvalue weighted by Gasteiger charge is -2.32. The molecule has 2 rings (SSSR count). The zero-order valence-corrected chi connectivity index (χ0v) is 11.7. The lowest BCUT2D eigenvalue weighted by atomic mass is 10.1. The highest BCUT2D eigenvalue weighted by atomic mass is 32.1. The first-order valence-electron chi connectivity index (χ1n) is 6.71. The van der Waals surface area contributed by atoms with E-state index in [0.717, 1.165) is 13.0 Å². The monoisotopic (exact) mass is 253 g/mol. The van der Waals surface area contributed by atoms with Crippen LogP contribution in [0.3, 0.4) is 0 Å². The molecule has 0 aliphatic carbocycles. The molecule has 0 aromatic carbocycles. The molecule has 1 fully saturated rings. The number of hydrogen-bond acceptors (Lipinski definition) is 4. The number of aromatic nitrogens is 1. The Morgan fingerprint density at radius 2 is 2.41 bits per heavy atom. The standard InChI is InChI=1S/C13H23N3S/c1-3-13-15-9-12(17-13)8-14-11-6-5-7-16(4-2)10-11/h9,11,14H,3-8,10H2,1-2H3. The van der Waals surface area contributed by atoms with Crippen LogP contribution in [0, 0.1) is 0 Å². The van der Waals surface area contributed by atoms with Crippen molar-refractivity contribution in [2.45, 2.75) is 45.7 Å². The average Bonchev–Trinajstić information content (AvgIpc) is 2.84.